The molecular weight excluding hydrogens is 252 g/mol. The monoisotopic (exact) mass is 266 g/mol. The molecule has 1 N–H and O–H groups in total. The van der Waals surface area contributed by atoms with Crippen molar-refractivity contribution in [3.63, 3.8) is 0 Å². The highest BCUT2D eigenvalue weighted by Crippen LogP contribution is 2.30. The Labute approximate surface area is 116 Å². The predicted octanol–water partition coefficient (Wildman–Crippen LogP) is 1.97. The number of H-pyrrole nitrogens is 1. The number of aromatic amines is 1. The van der Waals surface area contributed by atoms with E-state index in [-0.39, 0.29) is 11.1 Å². The molecule has 0 amide bonds. The minimum atomic E-state index is -0.313. The zero-order valence-corrected chi connectivity index (χ0v) is 11.0. The van der Waals surface area contributed by atoms with Crippen molar-refractivity contribution >= 4 is 0 Å². The van der Waals surface area contributed by atoms with Gasteiger partial charge in [-0.15, -0.1) is 0 Å². The van der Waals surface area contributed by atoms with Gasteiger partial charge in [-0.3, -0.25) is 4.79 Å². The van der Waals surface area contributed by atoms with E-state index in [1.54, 1.807) is 12.4 Å². The average Bonchev–Trinajstić information content (AvgIpc) is 2.71. The van der Waals surface area contributed by atoms with Gasteiger partial charge in [0.1, 0.15) is 18.0 Å². The molecule has 2 aromatic rings. The molecule has 0 fully saturated rings. The van der Waals surface area contributed by atoms with Crippen molar-refractivity contribution in [3.05, 3.63) is 45.9 Å². The number of nitriles is 1. The number of aromatic nitrogens is 3. The first-order valence-corrected chi connectivity index (χ1v) is 6.74. The fourth-order valence-corrected chi connectivity index (χ4v) is 2.81. The van der Waals surface area contributed by atoms with E-state index < -0.39 is 0 Å². The molecule has 5 heteroatoms. The molecule has 0 spiro atoms. The number of hydrogen-bond donors (Lipinski definition) is 1. The van der Waals surface area contributed by atoms with Crippen LogP contribution in [0.3, 0.4) is 0 Å². The van der Waals surface area contributed by atoms with Crippen LogP contribution in [-0.2, 0) is 12.8 Å². The Kier molecular flexibility index (Phi) is 3.30. The van der Waals surface area contributed by atoms with Crippen LogP contribution < -0.4 is 5.56 Å². The van der Waals surface area contributed by atoms with E-state index in [9.17, 15) is 10.1 Å². The molecule has 1 aliphatic rings. The lowest BCUT2D eigenvalue weighted by Crippen LogP contribution is -2.17. The van der Waals surface area contributed by atoms with Crippen LogP contribution in [-0.4, -0.2) is 15.0 Å². The molecule has 100 valence electrons. The molecule has 20 heavy (non-hydrogen) atoms. The van der Waals surface area contributed by atoms with E-state index in [1.165, 1.54) is 6.33 Å². The van der Waals surface area contributed by atoms with E-state index in [0.717, 1.165) is 48.9 Å². The highest BCUT2D eigenvalue weighted by atomic mass is 16.1. The number of aryl methyl sites for hydroxylation is 1. The van der Waals surface area contributed by atoms with Crippen LogP contribution in [0.4, 0.5) is 0 Å². The number of fused-ring (bicyclic) bond motifs is 1. The topological polar surface area (TPSA) is 82.4 Å². The molecule has 0 radical (unpaired) electrons. The summed E-state index contributed by atoms with van der Waals surface area (Å²) >= 11 is 0. The Morgan fingerprint density at radius 3 is 2.65 bits per heavy atom. The largest absolute Gasteiger partial charge is 0.325 e. The first-order chi connectivity index (χ1) is 9.81. The van der Waals surface area contributed by atoms with Crippen LogP contribution >= 0.6 is 0 Å². The van der Waals surface area contributed by atoms with Gasteiger partial charge in [-0.2, -0.15) is 5.26 Å². The lowest BCUT2D eigenvalue weighted by molar-refractivity contribution is 0.708. The van der Waals surface area contributed by atoms with Gasteiger partial charge in [0, 0.05) is 29.2 Å². The summed E-state index contributed by atoms with van der Waals surface area (Å²) in [6, 6.07) is 2.03. The summed E-state index contributed by atoms with van der Waals surface area (Å²) in [5.74, 6) is 0. The van der Waals surface area contributed by atoms with Crippen molar-refractivity contribution in [2.45, 2.75) is 32.1 Å². The maximum atomic E-state index is 12.1. The molecular formula is C15H14N4O. The first kappa shape index (κ1) is 12.5. The van der Waals surface area contributed by atoms with Crippen molar-refractivity contribution in [3.8, 4) is 17.2 Å². The Balaban J connectivity index is 2.33. The maximum Gasteiger partial charge on any atom is 0.266 e. The van der Waals surface area contributed by atoms with Gasteiger partial charge in [-0.05, 0) is 31.2 Å². The van der Waals surface area contributed by atoms with Crippen molar-refractivity contribution in [2.75, 3.05) is 0 Å². The van der Waals surface area contributed by atoms with Gasteiger partial charge in [0.05, 0.1) is 0 Å². The molecule has 0 aromatic carbocycles. The van der Waals surface area contributed by atoms with Gasteiger partial charge < -0.3 is 4.98 Å². The smallest absolute Gasteiger partial charge is 0.266 e. The molecule has 1 aliphatic carbocycles. The molecule has 5 nitrogen and oxygen atoms in total. The zero-order valence-electron chi connectivity index (χ0n) is 11.0. The van der Waals surface area contributed by atoms with Crippen molar-refractivity contribution < 1.29 is 0 Å². The average molecular weight is 266 g/mol. The van der Waals surface area contributed by atoms with E-state index >= 15 is 0 Å². The molecule has 0 bridgehead atoms. The second-order valence-electron chi connectivity index (χ2n) is 4.96. The van der Waals surface area contributed by atoms with Gasteiger partial charge in [0.15, 0.2) is 0 Å². The summed E-state index contributed by atoms with van der Waals surface area (Å²) in [5, 5.41) is 9.32. The summed E-state index contributed by atoms with van der Waals surface area (Å²) in [6.45, 7) is 0. The molecule has 2 aromatic heterocycles. The van der Waals surface area contributed by atoms with E-state index in [1.807, 2.05) is 6.07 Å². The summed E-state index contributed by atoms with van der Waals surface area (Å²) in [7, 11) is 0. The number of hydrogen-bond acceptors (Lipinski definition) is 4. The third-order valence-electron chi connectivity index (χ3n) is 3.72. The molecule has 3 rings (SSSR count). The highest BCUT2D eigenvalue weighted by Gasteiger charge is 2.20. The normalized spacial score (nSPS) is 14.2. The standard InChI is InChI=1S/C15H14N4O/c16-6-12-14(10-7-17-9-18-8-10)11-4-2-1-3-5-13(11)19-15(12)20/h7-9H,1-5H2,(H,19,20). The second kappa shape index (κ2) is 5.25. The SMILES string of the molecule is N#Cc1c(-c2cncnc2)c2c([nH]c1=O)CCCCC2. The third kappa shape index (κ3) is 2.10. The van der Waals surface area contributed by atoms with Crippen LogP contribution in [0, 0.1) is 11.3 Å². The van der Waals surface area contributed by atoms with E-state index in [0.29, 0.717) is 5.56 Å². The van der Waals surface area contributed by atoms with Crippen molar-refractivity contribution in [2.24, 2.45) is 0 Å². The highest BCUT2D eigenvalue weighted by molar-refractivity contribution is 5.73. The lowest BCUT2D eigenvalue weighted by Gasteiger charge is -2.13. The Bertz CT molecular complexity index is 728. The zero-order chi connectivity index (χ0) is 13.9. The van der Waals surface area contributed by atoms with Crippen LogP contribution in [0.5, 0.6) is 0 Å². The fourth-order valence-electron chi connectivity index (χ4n) is 2.81. The molecule has 0 saturated carbocycles. The summed E-state index contributed by atoms with van der Waals surface area (Å²) < 4.78 is 0. The number of nitrogens with one attached hydrogen (secondary N) is 1. The van der Waals surface area contributed by atoms with Gasteiger partial charge in [-0.25, -0.2) is 9.97 Å². The third-order valence-corrected chi connectivity index (χ3v) is 3.72. The van der Waals surface area contributed by atoms with Crippen molar-refractivity contribution in [1.82, 2.24) is 15.0 Å². The molecule has 0 aliphatic heterocycles. The van der Waals surface area contributed by atoms with Crippen LogP contribution in [0.25, 0.3) is 11.1 Å². The fraction of sp³-hybridized carbons (Fsp3) is 0.333. The lowest BCUT2D eigenvalue weighted by atomic mass is 9.94. The molecule has 2 heterocycles. The quantitative estimate of drug-likeness (QED) is 0.800. The maximum absolute atomic E-state index is 12.1. The minimum absolute atomic E-state index is 0.167. The van der Waals surface area contributed by atoms with Gasteiger partial charge in [-0.1, -0.05) is 6.42 Å². The Morgan fingerprint density at radius 1 is 1.15 bits per heavy atom. The van der Waals surface area contributed by atoms with Gasteiger partial charge >= 0.3 is 0 Å². The summed E-state index contributed by atoms with van der Waals surface area (Å²) in [5.41, 5.74) is 3.35. The van der Waals surface area contributed by atoms with E-state index in [4.69, 9.17) is 0 Å². The van der Waals surface area contributed by atoms with Crippen LogP contribution in [0.15, 0.2) is 23.5 Å². The number of pyridine rings is 1. The molecule has 0 unspecified atom stereocenters. The van der Waals surface area contributed by atoms with Crippen LogP contribution in [0.1, 0.15) is 36.1 Å². The van der Waals surface area contributed by atoms with Crippen molar-refractivity contribution in [1.29, 1.82) is 5.26 Å². The number of nitrogens with zero attached hydrogens (tertiary/aromatic N) is 3. The predicted molar refractivity (Wildman–Crippen MR) is 74.1 cm³/mol. The number of rotatable bonds is 1. The Hall–Kier alpha value is -2.48. The van der Waals surface area contributed by atoms with Crippen LogP contribution in [0.2, 0.25) is 0 Å². The molecule has 0 atom stereocenters. The first-order valence-electron chi connectivity index (χ1n) is 6.74. The second-order valence-corrected chi connectivity index (χ2v) is 4.96. The molecule has 0 saturated heterocycles. The Morgan fingerprint density at radius 2 is 1.90 bits per heavy atom. The summed E-state index contributed by atoms with van der Waals surface area (Å²) in [4.78, 5) is 23.0. The minimum Gasteiger partial charge on any atom is -0.325 e. The van der Waals surface area contributed by atoms with E-state index in [2.05, 4.69) is 15.0 Å². The summed E-state index contributed by atoms with van der Waals surface area (Å²) in [6.07, 6.45) is 9.79. The van der Waals surface area contributed by atoms with Gasteiger partial charge in [0.2, 0.25) is 0 Å². The van der Waals surface area contributed by atoms with Gasteiger partial charge in [0.25, 0.3) is 5.56 Å².